The van der Waals surface area contributed by atoms with Gasteiger partial charge in [-0.2, -0.15) is 0 Å². The molecule has 26 heavy (non-hydrogen) atoms. The van der Waals surface area contributed by atoms with Gasteiger partial charge >= 0.3 is 5.97 Å². The van der Waals surface area contributed by atoms with Crippen molar-refractivity contribution in [2.75, 3.05) is 6.54 Å². The second-order valence-corrected chi connectivity index (χ2v) is 6.07. The lowest BCUT2D eigenvalue weighted by Crippen LogP contribution is -2.20. The van der Waals surface area contributed by atoms with Crippen LogP contribution in [-0.2, 0) is 13.0 Å². The highest BCUT2D eigenvalue weighted by atomic mass is 16.4. The fraction of sp³-hybridized carbons (Fsp3) is 0.263. The van der Waals surface area contributed by atoms with Gasteiger partial charge in [0.1, 0.15) is 5.75 Å². The topological polar surface area (TPSA) is 118 Å². The SMILES string of the molecule is CCNCc1cc2ccc(-c3[nH]c(=O)c(C(=O)O)c(O)c3CC)cc2[nH]1. The molecule has 1 aromatic carbocycles. The Balaban J connectivity index is 2.13. The second-order valence-electron chi connectivity index (χ2n) is 6.07. The summed E-state index contributed by atoms with van der Waals surface area (Å²) in [6, 6.07) is 7.71. The van der Waals surface area contributed by atoms with Crippen LogP contribution in [0.2, 0.25) is 0 Å². The Morgan fingerprint density at radius 2 is 1.96 bits per heavy atom. The number of aromatic carboxylic acids is 1. The van der Waals surface area contributed by atoms with Gasteiger partial charge in [0.05, 0.1) is 5.69 Å². The standard InChI is InChI=1S/C19H21N3O4/c1-3-13-16(22-18(24)15(17(13)23)19(25)26)11-6-5-10-7-12(9-20-4-2)21-14(10)8-11/h5-8,20-21H,3-4,9H2,1-2H3,(H,25,26)(H2,22,23,24). The summed E-state index contributed by atoms with van der Waals surface area (Å²) >= 11 is 0. The van der Waals surface area contributed by atoms with Gasteiger partial charge < -0.3 is 25.5 Å². The van der Waals surface area contributed by atoms with E-state index in [-0.39, 0.29) is 0 Å². The van der Waals surface area contributed by atoms with Crippen LogP contribution in [0.25, 0.3) is 22.2 Å². The summed E-state index contributed by atoms with van der Waals surface area (Å²) in [7, 11) is 0. The van der Waals surface area contributed by atoms with Crippen molar-refractivity contribution in [3.63, 3.8) is 0 Å². The molecule has 3 rings (SSSR count). The average molecular weight is 355 g/mol. The maximum absolute atomic E-state index is 12.1. The van der Waals surface area contributed by atoms with Gasteiger partial charge in [-0.1, -0.05) is 26.0 Å². The van der Waals surface area contributed by atoms with E-state index in [1.54, 1.807) is 6.92 Å². The van der Waals surface area contributed by atoms with E-state index in [4.69, 9.17) is 5.11 Å². The van der Waals surface area contributed by atoms with Crippen LogP contribution < -0.4 is 10.9 Å². The smallest absolute Gasteiger partial charge is 0.345 e. The van der Waals surface area contributed by atoms with Gasteiger partial charge in [0.15, 0.2) is 5.56 Å². The number of aromatic nitrogens is 2. The fourth-order valence-electron chi connectivity index (χ4n) is 3.11. The quantitative estimate of drug-likeness (QED) is 0.466. The Bertz CT molecular complexity index is 1030. The van der Waals surface area contributed by atoms with Gasteiger partial charge in [-0.15, -0.1) is 0 Å². The lowest BCUT2D eigenvalue weighted by molar-refractivity contribution is 0.0691. The predicted molar refractivity (Wildman–Crippen MR) is 99.7 cm³/mol. The van der Waals surface area contributed by atoms with E-state index in [0.717, 1.165) is 29.7 Å². The molecule has 0 fully saturated rings. The van der Waals surface area contributed by atoms with Crippen molar-refractivity contribution in [1.82, 2.24) is 15.3 Å². The van der Waals surface area contributed by atoms with Crippen molar-refractivity contribution in [2.45, 2.75) is 26.8 Å². The van der Waals surface area contributed by atoms with Crippen LogP contribution in [0.15, 0.2) is 29.1 Å². The van der Waals surface area contributed by atoms with Crippen molar-refractivity contribution >= 4 is 16.9 Å². The maximum Gasteiger partial charge on any atom is 0.345 e. The van der Waals surface area contributed by atoms with Crippen LogP contribution >= 0.6 is 0 Å². The van der Waals surface area contributed by atoms with Crippen LogP contribution in [0.3, 0.4) is 0 Å². The molecule has 0 unspecified atom stereocenters. The highest BCUT2D eigenvalue weighted by Crippen LogP contribution is 2.31. The van der Waals surface area contributed by atoms with Crippen molar-refractivity contribution < 1.29 is 15.0 Å². The van der Waals surface area contributed by atoms with Gasteiger partial charge in [-0.05, 0) is 30.5 Å². The highest BCUT2D eigenvalue weighted by Gasteiger charge is 2.22. The lowest BCUT2D eigenvalue weighted by Gasteiger charge is -2.12. The summed E-state index contributed by atoms with van der Waals surface area (Å²) in [5.41, 5.74) is 2.05. The van der Waals surface area contributed by atoms with E-state index in [1.807, 2.05) is 25.1 Å². The van der Waals surface area contributed by atoms with Crippen LogP contribution in [0.5, 0.6) is 5.75 Å². The number of aromatic hydroxyl groups is 1. The molecule has 136 valence electrons. The van der Waals surface area contributed by atoms with Gasteiger partial charge in [0.25, 0.3) is 5.56 Å². The summed E-state index contributed by atoms with van der Waals surface area (Å²) in [5, 5.41) is 23.7. The Hall–Kier alpha value is -3.06. The van der Waals surface area contributed by atoms with Gasteiger partial charge in [-0.3, -0.25) is 4.79 Å². The third-order valence-corrected chi connectivity index (χ3v) is 4.39. The van der Waals surface area contributed by atoms with Gasteiger partial charge in [0, 0.05) is 28.9 Å². The summed E-state index contributed by atoms with van der Waals surface area (Å²) in [6.07, 6.45) is 0.382. The number of fused-ring (bicyclic) bond motifs is 1. The minimum Gasteiger partial charge on any atom is -0.506 e. The van der Waals surface area contributed by atoms with Crippen molar-refractivity contribution in [1.29, 1.82) is 0 Å². The molecule has 2 heterocycles. The van der Waals surface area contributed by atoms with Crippen LogP contribution in [0, 0.1) is 0 Å². The molecule has 0 aliphatic carbocycles. The monoisotopic (exact) mass is 355 g/mol. The van der Waals surface area contributed by atoms with Crippen LogP contribution in [0.1, 0.15) is 35.5 Å². The number of hydrogen-bond donors (Lipinski definition) is 5. The number of carboxylic acid groups (broad SMARTS) is 1. The molecule has 2 aromatic heterocycles. The summed E-state index contributed by atoms with van der Waals surface area (Å²) in [4.78, 5) is 29.3. The zero-order chi connectivity index (χ0) is 18.8. The molecule has 0 aliphatic rings. The predicted octanol–water partition coefficient (Wildman–Crippen LogP) is 2.60. The number of rotatable bonds is 6. The minimum atomic E-state index is -1.45. The van der Waals surface area contributed by atoms with Gasteiger partial charge in [-0.25, -0.2) is 4.79 Å². The van der Waals surface area contributed by atoms with E-state index in [1.165, 1.54) is 0 Å². The first-order valence-electron chi connectivity index (χ1n) is 8.50. The first-order chi connectivity index (χ1) is 12.5. The molecule has 0 aliphatic heterocycles. The Morgan fingerprint density at radius 3 is 2.62 bits per heavy atom. The number of carbonyl (C=O) groups is 1. The molecule has 0 atom stereocenters. The number of aromatic amines is 2. The summed E-state index contributed by atoms with van der Waals surface area (Å²) < 4.78 is 0. The molecule has 0 saturated heterocycles. The normalized spacial score (nSPS) is 11.2. The van der Waals surface area contributed by atoms with E-state index >= 15 is 0 Å². The van der Waals surface area contributed by atoms with Crippen molar-refractivity contribution in [2.24, 2.45) is 0 Å². The lowest BCUT2D eigenvalue weighted by atomic mass is 10.00. The van der Waals surface area contributed by atoms with Gasteiger partial charge in [0.2, 0.25) is 0 Å². The maximum atomic E-state index is 12.1. The third kappa shape index (κ3) is 3.09. The number of carboxylic acids is 1. The third-order valence-electron chi connectivity index (χ3n) is 4.39. The molecule has 7 heteroatoms. The van der Waals surface area contributed by atoms with Crippen LogP contribution in [-0.4, -0.2) is 32.7 Å². The van der Waals surface area contributed by atoms with Crippen molar-refractivity contribution in [3.8, 4) is 17.0 Å². The van der Waals surface area contributed by atoms with E-state index in [0.29, 0.717) is 23.2 Å². The van der Waals surface area contributed by atoms with E-state index in [2.05, 4.69) is 21.4 Å². The zero-order valence-electron chi connectivity index (χ0n) is 14.6. The Morgan fingerprint density at radius 1 is 1.19 bits per heavy atom. The molecule has 7 nitrogen and oxygen atoms in total. The highest BCUT2D eigenvalue weighted by molar-refractivity contribution is 5.92. The zero-order valence-corrected chi connectivity index (χ0v) is 14.6. The first-order valence-corrected chi connectivity index (χ1v) is 8.50. The molecule has 0 amide bonds. The number of pyridine rings is 1. The Labute approximate surface area is 149 Å². The largest absolute Gasteiger partial charge is 0.506 e. The fourth-order valence-corrected chi connectivity index (χ4v) is 3.11. The first kappa shape index (κ1) is 17.8. The molecular weight excluding hydrogens is 334 g/mol. The Kier molecular flexibility index (Phi) is 4.81. The molecule has 3 aromatic rings. The van der Waals surface area contributed by atoms with E-state index in [9.17, 15) is 14.7 Å². The van der Waals surface area contributed by atoms with Crippen molar-refractivity contribution in [3.05, 3.63) is 51.4 Å². The number of nitrogens with one attached hydrogen (secondary N) is 3. The number of H-pyrrole nitrogens is 2. The average Bonchev–Trinajstić information content (AvgIpc) is 3.01. The van der Waals surface area contributed by atoms with E-state index < -0.39 is 22.8 Å². The molecule has 0 radical (unpaired) electrons. The minimum absolute atomic E-state index is 0.382. The molecule has 0 saturated carbocycles. The summed E-state index contributed by atoms with van der Waals surface area (Å²) in [6.45, 7) is 5.43. The molecular formula is C19H21N3O4. The molecule has 0 spiro atoms. The summed E-state index contributed by atoms with van der Waals surface area (Å²) in [5.74, 6) is -1.92. The molecule has 0 bridgehead atoms. The number of hydrogen-bond acceptors (Lipinski definition) is 4. The number of benzene rings is 1. The second kappa shape index (κ2) is 7.05. The van der Waals surface area contributed by atoms with Crippen LogP contribution in [0.4, 0.5) is 0 Å². The molecule has 5 N–H and O–H groups in total.